The summed E-state index contributed by atoms with van der Waals surface area (Å²) in [6.07, 6.45) is 0. The van der Waals surface area contributed by atoms with Crippen LogP contribution >= 0.6 is 0 Å². The topological polar surface area (TPSA) is 67.8 Å². The number of ether oxygens (including phenoxy) is 2. The maximum atomic E-state index is 12.2. The first-order valence-corrected chi connectivity index (χ1v) is 6.84. The number of methoxy groups -OCH3 is 2. The predicted octanol–water partition coefficient (Wildman–Crippen LogP) is 2.65. The Bertz CT molecular complexity index is 682. The summed E-state index contributed by atoms with van der Waals surface area (Å²) < 4.78 is 10.4. The molecule has 2 aromatic rings. The monoisotopic (exact) mass is 301 g/mol. The summed E-state index contributed by atoms with van der Waals surface area (Å²) in [7, 11) is 3.15. The van der Waals surface area contributed by atoms with Crippen molar-refractivity contribution in [2.45, 2.75) is 13.5 Å². The van der Waals surface area contributed by atoms with E-state index >= 15 is 0 Å². The molecule has 0 unspecified atom stereocenters. The summed E-state index contributed by atoms with van der Waals surface area (Å²) >= 11 is 0. The molecule has 1 amide bonds. The molecule has 0 spiro atoms. The van der Waals surface area contributed by atoms with Crippen LogP contribution in [0.2, 0.25) is 0 Å². The van der Waals surface area contributed by atoms with E-state index < -0.39 is 0 Å². The number of aromatic hydroxyl groups is 1. The Morgan fingerprint density at radius 2 is 1.91 bits per heavy atom. The van der Waals surface area contributed by atoms with Crippen molar-refractivity contribution in [3.05, 3.63) is 53.1 Å². The largest absolute Gasteiger partial charge is 0.507 e. The smallest absolute Gasteiger partial charge is 0.255 e. The second-order valence-corrected chi connectivity index (χ2v) is 4.88. The van der Waals surface area contributed by atoms with Gasteiger partial charge in [0.05, 0.1) is 19.8 Å². The van der Waals surface area contributed by atoms with Gasteiger partial charge in [-0.15, -0.1) is 0 Å². The molecule has 0 saturated carbocycles. The normalized spacial score (nSPS) is 10.1. The van der Waals surface area contributed by atoms with E-state index in [1.807, 2.05) is 6.92 Å². The van der Waals surface area contributed by atoms with Crippen LogP contribution in [0.25, 0.3) is 0 Å². The molecule has 0 aliphatic carbocycles. The molecule has 2 N–H and O–H groups in total. The number of carbonyl (C=O) groups is 1. The molecular formula is C17H19NO4. The van der Waals surface area contributed by atoms with Gasteiger partial charge in [0.15, 0.2) is 0 Å². The van der Waals surface area contributed by atoms with Gasteiger partial charge in [0.2, 0.25) is 0 Å². The molecule has 0 bridgehead atoms. The second kappa shape index (κ2) is 6.85. The molecule has 5 nitrogen and oxygen atoms in total. The van der Waals surface area contributed by atoms with Gasteiger partial charge in [0.1, 0.15) is 17.2 Å². The summed E-state index contributed by atoms with van der Waals surface area (Å²) in [5, 5.41) is 12.6. The third kappa shape index (κ3) is 3.49. The van der Waals surface area contributed by atoms with E-state index in [1.165, 1.54) is 6.07 Å². The predicted molar refractivity (Wildman–Crippen MR) is 83.6 cm³/mol. The van der Waals surface area contributed by atoms with E-state index in [0.29, 0.717) is 11.5 Å². The van der Waals surface area contributed by atoms with E-state index in [9.17, 15) is 9.90 Å². The molecule has 2 aromatic carbocycles. The fourth-order valence-electron chi connectivity index (χ4n) is 2.12. The van der Waals surface area contributed by atoms with Crippen LogP contribution in [0.5, 0.6) is 17.2 Å². The zero-order valence-corrected chi connectivity index (χ0v) is 12.8. The number of hydrogen-bond donors (Lipinski definition) is 2. The number of carbonyl (C=O) groups excluding carboxylic acids is 1. The first-order chi connectivity index (χ1) is 10.5. The van der Waals surface area contributed by atoms with Crippen LogP contribution in [0.3, 0.4) is 0 Å². The lowest BCUT2D eigenvalue weighted by Gasteiger charge is -2.12. The van der Waals surface area contributed by atoms with Crippen LogP contribution in [-0.2, 0) is 6.54 Å². The SMILES string of the molecule is COc1ccc(OC)c(CNC(=O)c2cc(C)ccc2O)c1. The quantitative estimate of drug-likeness (QED) is 0.891. The molecule has 0 atom stereocenters. The second-order valence-electron chi connectivity index (χ2n) is 4.88. The standard InChI is InChI=1S/C17H19NO4/c1-11-4-6-15(19)14(8-11)17(20)18-10-12-9-13(21-2)5-7-16(12)22-3/h4-9,19H,10H2,1-3H3,(H,18,20). The number of benzene rings is 2. The van der Waals surface area contributed by atoms with Crippen LogP contribution in [0.4, 0.5) is 0 Å². The lowest BCUT2D eigenvalue weighted by atomic mass is 10.1. The van der Waals surface area contributed by atoms with Crippen LogP contribution in [0.15, 0.2) is 36.4 Å². The highest BCUT2D eigenvalue weighted by Gasteiger charge is 2.12. The van der Waals surface area contributed by atoms with Gasteiger partial charge in [-0.25, -0.2) is 0 Å². The van der Waals surface area contributed by atoms with E-state index in [4.69, 9.17) is 9.47 Å². The summed E-state index contributed by atoms with van der Waals surface area (Å²) in [4.78, 5) is 12.2. The summed E-state index contributed by atoms with van der Waals surface area (Å²) in [6, 6.07) is 10.3. The van der Waals surface area contributed by atoms with E-state index in [2.05, 4.69) is 5.32 Å². The number of phenolic OH excluding ortho intramolecular Hbond substituents is 1. The summed E-state index contributed by atoms with van der Waals surface area (Å²) in [6.45, 7) is 2.13. The highest BCUT2D eigenvalue weighted by Crippen LogP contribution is 2.24. The van der Waals surface area contributed by atoms with Crippen molar-refractivity contribution in [2.24, 2.45) is 0 Å². The average molecular weight is 301 g/mol. The number of amides is 1. The first-order valence-electron chi connectivity index (χ1n) is 6.84. The number of hydrogen-bond acceptors (Lipinski definition) is 4. The molecule has 0 aromatic heterocycles. The Morgan fingerprint density at radius 1 is 1.14 bits per heavy atom. The van der Waals surface area contributed by atoms with Gasteiger partial charge in [0, 0.05) is 12.1 Å². The maximum absolute atomic E-state index is 12.2. The van der Waals surface area contributed by atoms with Crippen molar-refractivity contribution in [3.63, 3.8) is 0 Å². The van der Waals surface area contributed by atoms with Gasteiger partial charge >= 0.3 is 0 Å². The molecule has 5 heteroatoms. The Labute approximate surface area is 129 Å². The van der Waals surface area contributed by atoms with E-state index in [-0.39, 0.29) is 23.8 Å². The molecule has 116 valence electrons. The van der Waals surface area contributed by atoms with Crippen LogP contribution in [-0.4, -0.2) is 25.2 Å². The highest BCUT2D eigenvalue weighted by atomic mass is 16.5. The number of rotatable bonds is 5. The third-order valence-electron chi connectivity index (χ3n) is 3.32. The van der Waals surface area contributed by atoms with Gasteiger partial charge in [-0.05, 0) is 37.3 Å². The molecule has 22 heavy (non-hydrogen) atoms. The number of nitrogens with one attached hydrogen (secondary N) is 1. The van der Waals surface area contributed by atoms with Crippen molar-refractivity contribution in [3.8, 4) is 17.2 Å². The molecule has 0 fully saturated rings. The van der Waals surface area contributed by atoms with Crippen molar-refractivity contribution >= 4 is 5.91 Å². The molecule has 0 aliphatic heterocycles. The van der Waals surface area contributed by atoms with Gasteiger partial charge < -0.3 is 19.9 Å². The average Bonchev–Trinajstić information content (AvgIpc) is 2.54. The molecule has 0 aliphatic rings. The van der Waals surface area contributed by atoms with Crippen molar-refractivity contribution in [1.82, 2.24) is 5.32 Å². The van der Waals surface area contributed by atoms with Crippen LogP contribution < -0.4 is 14.8 Å². The zero-order chi connectivity index (χ0) is 16.1. The molecule has 0 heterocycles. The van der Waals surface area contributed by atoms with Gasteiger partial charge in [-0.2, -0.15) is 0 Å². The Kier molecular flexibility index (Phi) is 4.88. The molecule has 2 rings (SSSR count). The van der Waals surface area contributed by atoms with Gasteiger partial charge in [-0.3, -0.25) is 4.79 Å². The minimum atomic E-state index is -0.342. The minimum absolute atomic E-state index is 0.0410. The fraction of sp³-hybridized carbons (Fsp3) is 0.235. The molecular weight excluding hydrogens is 282 g/mol. The van der Waals surface area contributed by atoms with Gasteiger partial charge in [-0.1, -0.05) is 11.6 Å². The first kappa shape index (κ1) is 15.7. The number of phenols is 1. The lowest BCUT2D eigenvalue weighted by Crippen LogP contribution is -2.23. The lowest BCUT2D eigenvalue weighted by molar-refractivity contribution is 0.0948. The molecule has 0 saturated heterocycles. The summed E-state index contributed by atoms with van der Waals surface area (Å²) in [5.41, 5.74) is 1.95. The van der Waals surface area contributed by atoms with E-state index in [0.717, 1.165) is 11.1 Å². The van der Waals surface area contributed by atoms with E-state index in [1.54, 1.807) is 44.6 Å². The summed E-state index contributed by atoms with van der Waals surface area (Å²) in [5.74, 6) is 0.963. The van der Waals surface area contributed by atoms with Crippen molar-refractivity contribution < 1.29 is 19.4 Å². The maximum Gasteiger partial charge on any atom is 0.255 e. The zero-order valence-electron chi connectivity index (χ0n) is 12.8. The highest BCUT2D eigenvalue weighted by molar-refractivity contribution is 5.96. The molecule has 0 radical (unpaired) electrons. The minimum Gasteiger partial charge on any atom is -0.507 e. The van der Waals surface area contributed by atoms with Crippen LogP contribution in [0.1, 0.15) is 21.5 Å². The van der Waals surface area contributed by atoms with Gasteiger partial charge in [0.25, 0.3) is 5.91 Å². The third-order valence-corrected chi connectivity index (χ3v) is 3.32. The fourth-order valence-corrected chi connectivity index (χ4v) is 2.12. The van der Waals surface area contributed by atoms with Crippen molar-refractivity contribution in [1.29, 1.82) is 0 Å². The van der Waals surface area contributed by atoms with Crippen LogP contribution in [0, 0.1) is 6.92 Å². The Balaban J connectivity index is 2.15. The number of aryl methyl sites for hydroxylation is 1. The Morgan fingerprint density at radius 3 is 2.59 bits per heavy atom. The Hall–Kier alpha value is -2.69. The van der Waals surface area contributed by atoms with Crippen molar-refractivity contribution in [2.75, 3.05) is 14.2 Å².